The highest BCUT2D eigenvalue weighted by Crippen LogP contribution is 2.26. The van der Waals surface area contributed by atoms with Crippen LogP contribution in [0.4, 0.5) is 0 Å². The fraction of sp³-hybridized carbons (Fsp3) is 0.227. The molecule has 0 aliphatic heterocycles. The smallest absolute Gasteiger partial charge is 0.236 e. The highest BCUT2D eigenvalue weighted by atomic mass is 32.1. The van der Waals surface area contributed by atoms with Gasteiger partial charge in [0.15, 0.2) is 0 Å². The molecule has 6 nitrogen and oxygen atoms in total. The van der Waals surface area contributed by atoms with E-state index in [0.29, 0.717) is 23.9 Å². The zero-order valence-electron chi connectivity index (χ0n) is 16.6. The Morgan fingerprint density at radius 1 is 1.14 bits per heavy atom. The van der Waals surface area contributed by atoms with E-state index in [0.717, 1.165) is 27.5 Å². The number of thiophene rings is 1. The standard InChI is InChI=1S/C22H22N4O2S/c1-14-18(15(2)26(25-14)17-8-5-4-6-9-17)13-23-21(27)12-19-16(3)28-22(24-19)20-10-7-11-29-20/h4-11H,12-13H2,1-3H3,(H,23,27). The molecule has 3 aromatic heterocycles. The molecule has 0 spiro atoms. The number of rotatable bonds is 6. The third-order valence-electron chi connectivity index (χ3n) is 4.86. The van der Waals surface area contributed by atoms with E-state index < -0.39 is 0 Å². The van der Waals surface area contributed by atoms with Gasteiger partial charge < -0.3 is 9.73 Å². The number of nitrogens with zero attached hydrogens (tertiary/aromatic N) is 3. The lowest BCUT2D eigenvalue weighted by atomic mass is 10.2. The molecule has 1 aromatic carbocycles. The number of para-hydroxylation sites is 1. The summed E-state index contributed by atoms with van der Waals surface area (Å²) in [4.78, 5) is 18.0. The SMILES string of the molecule is Cc1nn(-c2ccccc2)c(C)c1CNC(=O)Cc1nc(-c2cccs2)oc1C. The zero-order chi connectivity index (χ0) is 20.4. The molecule has 0 saturated heterocycles. The molecule has 0 unspecified atom stereocenters. The lowest BCUT2D eigenvalue weighted by Crippen LogP contribution is -2.25. The van der Waals surface area contributed by atoms with Crippen molar-refractivity contribution in [1.82, 2.24) is 20.1 Å². The molecule has 1 amide bonds. The predicted octanol–water partition coefficient (Wildman–Crippen LogP) is 4.37. The minimum atomic E-state index is -0.0922. The maximum atomic E-state index is 12.5. The van der Waals surface area contributed by atoms with Gasteiger partial charge in [0.05, 0.1) is 28.4 Å². The van der Waals surface area contributed by atoms with Crippen molar-refractivity contribution in [2.45, 2.75) is 33.7 Å². The molecule has 7 heteroatoms. The molecule has 0 atom stereocenters. The van der Waals surface area contributed by atoms with Crippen molar-refractivity contribution in [3.63, 3.8) is 0 Å². The van der Waals surface area contributed by atoms with Crippen molar-refractivity contribution in [3.05, 3.63) is 76.3 Å². The number of nitrogens with one attached hydrogen (secondary N) is 1. The van der Waals surface area contributed by atoms with E-state index in [1.165, 1.54) is 0 Å². The van der Waals surface area contributed by atoms with E-state index in [9.17, 15) is 4.79 Å². The Morgan fingerprint density at radius 2 is 1.93 bits per heavy atom. The average Bonchev–Trinajstić information content (AvgIpc) is 3.42. The number of hydrogen-bond acceptors (Lipinski definition) is 5. The van der Waals surface area contributed by atoms with Crippen molar-refractivity contribution in [1.29, 1.82) is 0 Å². The molecule has 0 aliphatic carbocycles. The molecule has 3 heterocycles. The summed E-state index contributed by atoms with van der Waals surface area (Å²) in [6.07, 6.45) is 0.186. The fourth-order valence-electron chi connectivity index (χ4n) is 3.25. The van der Waals surface area contributed by atoms with Crippen LogP contribution in [0.5, 0.6) is 0 Å². The van der Waals surface area contributed by atoms with E-state index in [1.54, 1.807) is 11.3 Å². The predicted molar refractivity (Wildman–Crippen MR) is 113 cm³/mol. The van der Waals surface area contributed by atoms with Gasteiger partial charge in [-0.1, -0.05) is 24.3 Å². The fourth-order valence-corrected chi connectivity index (χ4v) is 3.90. The monoisotopic (exact) mass is 406 g/mol. The van der Waals surface area contributed by atoms with Gasteiger partial charge in [-0.3, -0.25) is 4.79 Å². The van der Waals surface area contributed by atoms with Crippen LogP contribution in [0, 0.1) is 20.8 Å². The van der Waals surface area contributed by atoms with Crippen LogP contribution in [-0.2, 0) is 17.8 Å². The number of hydrogen-bond donors (Lipinski definition) is 1. The summed E-state index contributed by atoms with van der Waals surface area (Å²) in [5.74, 6) is 1.15. The summed E-state index contributed by atoms with van der Waals surface area (Å²) in [6, 6.07) is 13.9. The Bertz CT molecular complexity index is 1130. The van der Waals surface area contributed by atoms with Crippen molar-refractivity contribution in [3.8, 4) is 16.5 Å². The molecule has 4 aromatic rings. The van der Waals surface area contributed by atoms with Crippen LogP contribution in [0.1, 0.15) is 28.4 Å². The average molecular weight is 407 g/mol. The van der Waals surface area contributed by atoms with Crippen molar-refractivity contribution < 1.29 is 9.21 Å². The highest BCUT2D eigenvalue weighted by molar-refractivity contribution is 7.13. The lowest BCUT2D eigenvalue weighted by molar-refractivity contribution is -0.120. The van der Waals surface area contributed by atoms with E-state index in [4.69, 9.17) is 4.42 Å². The van der Waals surface area contributed by atoms with Gasteiger partial charge in [-0.2, -0.15) is 5.10 Å². The molecule has 148 valence electrons. The van der Waals surface area contributed by atoms with Gasteiger partial charge in [-0.15, -0.1) is 11.3 Å². The summed E-state index contributed by atoms with van der Waals surface area (Å²) in [7, 11) is 0. The minimum absolute atomic E-state index is 0.0922. The summed E-state index contributed by atoms with van der Waals surface area (Å²) >= 11 is 1.56. The maximum Gasteiger partial charge on any atom is 0.236 e. The first-order valence-electron chi connectivity index (χ1n) is 9.40. The van der Waals surface area contributed by atoms with E-state index in [1.807, 2.05) is 73.3 Å². The molecular formula is C22H22N4O2S. The number of amides is 1. The largest absolute Gasteiger partial charge is 0.440 e. The Hall–Kier alpha value is -3.19. The van der Waals surface area contributed by atoms with E-state index in [-0.39, 0.29) is 12.3 Å². The number of benzene rings is 1. The second-order valence-electron chi connectivity index (χ2n) is 6.85. The summed E-state index contributed by atoms with van der Waals surface area (Å²) < 4.78 is 7.63. The quantitative estimate of drug-likeness (QED) is 0.516. The molecule has 0 aliphatic rings. The first-order valence-corrected chi connectivity index (χ1v) is 10.3. The van der Waals surface area contributed by atoms with Gasteiger partial charge in [0.2, 0.25) is 11.8 Å². The summed E-state index contributed by atoms with van der Waals surface area (Å²) in [6.45, 7) is 6.25. The summed E-state index contributed by atoms with van der Waals surface area (Å²) in [5.41, 5.74) is 4.62. The minimum Gasteiger partial charge on any atom is -0.440 e. The van der Waals surface area contributed by atoms with Gasteiger partial charge in [0.25, 0.3) is 0 Å². The van der Waals surface area contributed by atoms with Gasteiger partial charge >= 0.3 is 0 Å². The van der Waals surface area contributed by atoms with Gasteiger partial charge in [-0.05, 0) is 44.4 Å². The second-order valence-corrected chi connectivity index (χ2v) is 7.80. The van der Waals surface area contributed by atoms with Crippen LogP contribution >= 0.6 is 11.3 Å². The molecular weight excluding hydrogens is 384 g/mol. The van der Waals surface area contributed by atoms with Crippen molar-refractivity contribution in [2.75, 3.05) is 0 Å². The first kappa shape index (κ1) is 19.1. The normalized spacial score (nSPS) is 11.0. The van der Waals surface area contributed by atoms with Gasteiger partial charge in [0, 0.05) is 17.8 Å². The first-order chi connectivity index (χ1) is 14.0. The van der Waals surface area contributed by atoms with Crippen LogP contribution in [0.2, 0.25) is 0 Å². The Morgan fingerprint density at radius 3 is 2.66 bits per heavy atom. The number of oxazole rings is 1. The van der Waals surface area contributed by atoms with Crippen LogP contribution in [0.15, 0.2) is 52.3 Å². The Labute approximate surface area is 173 Å². The number of carbonyl (C=O) groups is 1. The van der Waals surface area contributed by atoms with Gasteiger partial charge in [-0.25, -0.2) is 9.67 Å². The van der Waals surface area contributed by atoms with Gasteiger partial charge in [0.1, 0.15) is 5.76 Å². The number of aromatic nitrogens is 3. The third kappa shape index (κ3) is 4.00. The number of aryl methyl sites for hydroxylation is 2. The second kappa shape index (κ2) is 8.05. The molecule has 4 rings (SSSR count). The topological polar surface area (TPSA) is 73.0 Å². The van der Waals surface area contributed by atoms with Crippen molar-refractivity contribution in [2.24, 2.45) is 0 Å². The highest BCUT2D eigenvalue weighted by Gasteiger charge is 2.17. The molecule has 0 radical (unpaired) electrons. The van der Waals surface area contributed by atoms with E-state index >= 15 is 0 Å². The van der Waals surface area contributed by atoms with Crippen LogP contribution in [0.25, 0.3) is 16.5 Å². The molecule has 0 fully saturated rings. The third-order valence-corrected chi connectivity index (χ3v) is 5.71. The summed E-state index contributed by atoms with van der Waals surface area (Å²) in [5, 5.41) is 9.60. The van der Waals surface area contributed by atoms with Crippen molar-refractivity contribution >= 4 is 17.2 Å². The number of carbonyl (C=O) groups excluding carboxylic acids is 1. The molecule has 0 bridgehead atoms. The molecule has 0 saturated carbocycles. The van der Waals surface area contributed by atoms with Crippen LogP contribution in [-0.4, -0.2) is 20.7 Å². The lowest BCUT2D eigenvalue weighted by Gasteiger charge is -2.07. The maximum absolute atomic E-state index is 12.5. The Balaban J connectivity index is 1.44. The zero-order valence-corrected chi connectivity index (χ0v) is 17.4. The molecule has 1 N–H and O–H groups in total. The van der Waals surface area contributed by atoms with E-state index in [2.05, 4.69) is 15.4 Å². The van der Waals surface area contributed by atoms with Crippen LogP contribution < -0.4 is 5.32 Å². The van der Waals surface area contributed by atoms with Crippen LogP contribution in [0.3, 0.4) is 0 Å². The molecule has 29 heavy (non-hydrogen) atoms. The Kier molecular flexibility index (Phi) is 5.31.